The van der Waals surface area contributed by atoms with Crippen LogP contribution in [0.4, 0.5) is 0 Å². The van der Waals surface area contributed by atoms with Gasteiger partial charge in [-0.25, -0.2) is 0 Å². The standard InChI is InChI=1S/C25H26BrNO4S/c1-25(2,3)22(28)16-23-27(12-13-31-20-7-5-6-18(26)15-20)24(29)21(32-23)14-17-8-10-19(30-4)11-9-17/h5-11,14-16H,12-13H2,1-4H3. The van der Waals surface area contributed by atoms with Crippen molar-refractivity contribution >= 4 is 45.2 Å². The molecule has 2 aromatic carbocycles. The SMILES string of the molecule is COc1ccc(C=c2sc(=CC(=O)C(C)(C)C)n(CCOc3cccc(Br)c3)c2=O)cc1. The molecule has 32 heavy (non-hydrogen) atoms. The molecule has 0 bridgehead atoms. The van der Waals surface area contributed by atoms with Gasteiger partial charge in [0, 0.05) is 16.0 Å². The first kappa shape index (κ1) is 24.0. The van der Waals surface area contributed by atoms with E-state index in [0.29, 0.717) is 28.1 Å². The normalized spacial score (nSPS) is 12.8. The number of hydrogen-bond acceptors (Lipinski definition) is 5. The average Bonchev–Trinajstić information content (AvgIpc) is 3.02. The number of ketones is 1. The molecule has 0 saturated carbocycles. The summed E-state index contributed by atoms with van der Waals surface area (Å²) in [5.41, 5.74) is 0.212. The van der Waals surface area contributed by atoms with Gasteiger partial charge in [0.2, 0.25) is 0 Å². The van der Waals surface area contributed by atoms with Crippen LogP contribution in [-0.4, -0.2) is 24.1 Å². The monoisotopic (exact) mass is 515 g/mol. The third-order valence-electron chi connectivity index (χ3n) is 4.72. The molecule has 0 radical (unpaired) electrons. The van der Waals surface area contributed by atoms with Gasteiger partial charge in [-0.2, -0.15) is 0 Å². The van der Waals surface area contributed by atoms with E-state index in [0.717, 1.165) is 15.8 Å². The number of ether oxygens (including phenoxy) is 2. The number of thiazole rings is 1. The van der Waals surface area contributed by atoms with Crippen LogP contribution < -0.4 is 24.2 Å². The van der Waals surface area contributed by atoms with Crippen molar-refractivity contribution in [3.8, 4) is 11.5 Å². The fraction of sp³-hybridized carbons (Fsp3) is 0.280. The molecular formula is C25H26BrNO4S. The number of methoxy groups -OCH3 is 1. The minimum absolute atomic E-state index is 0.0311. The van der Waals surface area contributed by atoms with E-state index >= 15 is 0 Å². The van der Waals surface area contributed by atoms with Crippen molar-refractivity contribution in [2.75, 3.05) is 13.7 Å². The fourth-order valence-corrected chi connectivity index (χ4v) is 4.29. The van der Waals surface area contributed by atoms with E-state index in [1.807, 2.05) is 75.4 Å². The number of aromatic nitrogens is 1. The summed E-state index contributed by atoms with van der Waals surface area (Å²) in [4.78, 5) is 25.8. The summed E-state index contributed by atoms with van der Waals surface area (Å²) in [5, 5.41) is 0. The lowest BCUT2D eigenvalue weighted by Crippen LogP contribution is -2.34. The maximum absolute atomic E-state index is 13.2. The van der Waals surface area contributed by atoms with E-state index in [4.69, 9.17) is 9.47 Å². The van der Waals surface area contributed by atoms with Crippen molar-refractivity contribution in [2.45, 2.75) is 27.3 Å². The third-order valence-corrected chi connectivity index (χ3v) is 6.28. The van der Waals surface area contributed by atoms with Crippen LogP contribution >= 0.6 is 27.3 Å². The van der Waals surface area contributed by atoms with E-state index in [9.17, 15) is 9.59 Å². The first-order valence-corrected chi connectivity index (χ1v) is 11.8. The highest BCUT2D eigenvalue weighted by molar-refractivity contribution is 9.10. The molecule has 0 fully saturated rings. The first-order valence-electron chi connectivity index (χ1n) is 10.2. The van der Waals surface area contributed by atoms with Gasteiger partial charge < -0.3 is 9.47 Å². The summed E-state index contributed by atoms with van der Waals surface area (Å²) in [6, 6.07) is 15.0. The van der Waals surface area contributed by atoms with Gasteiger partial charge in [-0.05, 0) is 42.0 Å². The molecule has 0 aliphatic rings. The van der Waals surface area contributed by atoms with Crippen LogP contribution in [0.5, 0.6) is 11.5 Å². The van der Waals surface area contributed by atoms with Gasteiger partial charge in [0.25, 0.3) is 5.56 Å². The summed E-state index contributed by atoms with van der Waals surface area (Å²) in [5.74, 6) is 1.43. The Balaban J connectivity index is 1.97. The Labute approximate surface area is 199 Å². The molecule has 168 valence electrons. The van der Waals surface area contributed by atoms with Gasteiger partial charge in [-0.15, -0.1) is 11.3 Å². The summed E-state index contributed by atoms with van der Waals surface area (Å²) < 4.78 is 14.7. The van der Waals surface area contributed by atoms with Crippen LogP contribution in [0.1, 0.15) is 26.3 Å². The van der Waals surface area contributed by atoms with Crippen LogP contribution in [0, 0.1) is 5.41 Å². The van der Waals surface area contributed by atoms with Gasteiger partial charge in [0.05, 0.1) is 18.2 Å². The molecule has 0 saturated heterocycles. The predicted octanol–water partition coefficient (Wildman–Crippen LogP) is 3.98. The fourth-order valence-electron chi connectivity index (χ4n) is 2.85. The number of carbonyl (C=O) groups is 1. The summed E-state index contributed by atoms with van der Waals surface area (Å²) in [7, 11) is 1.61. The predicted molar refractivity (Wildman–Crippen MR) is 133 cm³/mol. The Morgan fingerprint density at radius 2 is 1.84 bits per heavy atom. The summed E-state index contributed by atoms with van der Waals surface area (Å²) >= 11 is 4.73. The molecule has 5 nitrogen and oxygen atoms in total. The van der Waals surface area contributed by atoms with Crippen molar-refractivity contribution in [3.63, 3.8) is 0 Å². The molecule has 3 aromatic rings. The molecule has 0 unspecified atom stereocenters. The van der Waals surface area contributed by atoms with Gasteiger partial charge in [0.1, 0.15) is 22.8 Å². The molecule has 0 aliphatic carbocycles. The largest absolute Gasteiger partial charge is 0.497 e. The Bertz CT molecular complexity index is 1270. The number of nitrogens with zero attached hydrogens (tertiary/aromatic N) is 1. The van der Waals surface area contributed by atoms with Crippen LogP contribution in [0.3, 0.4) is 0 Å². The topological polar surface area (TPSA) is 57.5 Å². The van der Waals surface area contributed by atoms with Crippen LogP contribution in [0.15, 0.2) is 57.8 Å². The molecule has 0 N–H and O–H groups in total. The van der Waals surface area contributed by atoms with Crippen molar-refractivity contribution in [3.05, 3.63) is 78.1 Å². The van der Waals surface area contributed by atoms with Crippen molar-refractivity contribution in [1.82, 2.24) is 4.57 Å². The van der Waals surface area contributed by atoms with E-state index in [2.05, 4.69) is 15.9 Å². The number of halogens is 1. The van der Waals surface area contributed by atoms with Crippen LogP contribution in [0.25, 0.3) is 12.2 Å². The molecule has 0 aliphatic heterocycles. The Hall–Kier alpha value is -2.64. The van der Waals surface area contributed by atoms with Crippen molar-refractivity contribution < 1.29 is 14.3 Å². The van der Waals surface area contributed by atoms with Crippen LogP contribution in [-0.2, 0) is 11.3 Å². The molecule has 0 amide bonds. The second kappa shape index (κ2) is 10.3. The molecule has 1 heterocycles. The average molecular weight is 516 g/mol. The molecule has 0 atom stereocenters. The Morgan fingerprint density at radius 1 is 1.12 bits per heavy atom. The lowest BCUT2D eigenvalue weighted by atomic mass is 9.91. The number of carbonyl (C=O) groups excluding carboxylic acids is 1. The molecular weight excluding hydrogens is 490 g/mol. The Morgan fingerprint density at radius 3 is 2.47 bits per heavy atom. The molecule has 1 aromatic heterocycles. The molecule has 3 rings (SSSR count). The van der Waals surface area contributed by atoms with Gasteiger partial charge >= 0.3 is 0 Å². The lowest BCUT2D eigenvalue weighted by Gasteiger charge is -2.13. The zero-order chi connectivity index (χ0) is 23.3. The number of benzene rings is 2. The summed E-state index contributed by atoms with van der Waals surface area (Å²) in [6.45, 7) is 6.23. The van der Waals surface area contributed by atoms with E-state index < -0.39 is 5.41 Å². The zero-order valence-electron chi connectivity index (χ0n) is 18.6. The highest BCUT2D eigenvalue weighted by atomic mass is 79.9. The van der Waals surface area contributed by atoms with Gasteiger partial charge in [-0.1, -0.05) is 54.9 Å². The van der Waals surface area contributed by atoms with Crippen LogP contribution in [0.2, 0.25) is 0 Å². The lowest BCUT2D eigenvalue weighted by molar-refractivity contribution is -0.120. The second-order valence-electron chi connectivity index (χ2n) is 8.24. The number of hydrogen-bond donors (Lipinski definition) is 0. The maximum Gasteiger partial charge on any atom is 0.269 e. The third kappa shape index (κ3) is 6.20. The smallest absolute Gasteiger partial charge is 0.269 e. The highest BCUT2D eigenvalue weighted by Gasteiger charge is 2.19. The minimum Gasteiger partial charge on any atom is -0.497 e. The zero-order valence-corrected chi connectivity index (χ0v) is 21.0. The van der Waals surface area contributed by atoms with E-state index in [1.165, 1.54) is 11.3 Å². The first-order chi connectivity index (χ1) is 15.2. The molecule has 0 spiro atoms. The Kier molecular flexibility index (Phi) is 7.74. The quantitative estimate of drug-likeness (QED) is 0.477. The van der Waals surface area contributed by atoms with E-state index in [1.54, 1.807) is 17.8 Å². The van der Waals surface area contributed by atoms with Crippen molar-refractivity contribution in [1.29, 1.82) is 0 Å². The number of Topliss-reactive ketones (excluding diaryl/α,β-unsaturated/α-hetero) is 1. The van der Waals surface area contributed by atoms with Gasteiger partial charge in [-0.3, -0.25) is 14.2 Å². The second-order valence-corrected chi connectivity index (χ2v) is 10.2. The van der Waals surface area contributed by atoms with E-state index in [-0.39, 0.29) is 11.3 Å². The van der Waals surface area contributed by atoms with Gasteiger partial charge in [0.15, 0.2) is 5.78 Å². The molecule has 7 heteroatoms. The van der Waals surface area contributed by atoms with Crippen molar-refractivity contribution in [2.24, 2.45) is 5.41 Å². The highest BCUT2D eigenvalue weighted by Crippen LogP contribution is 2.18. The summed E-state index contributed by atoms with van der Waals surface area (Å²) in [6.07, 6.45) is 3.40. The maximum atomic E-state index is 13.2. The number of rotatable bonds is 7. The minimum atomic E-state index is -0.530.